The smallest absolute Gasteiger partial charge is 0.258 e. The first-order valence-electron chi connectivity index (χ1n) is 12.8. The number of nitrogens with zero attached hydrogens (tertiary/aromatic N) is 3. The molecular weight excluding hydrogens is 422 g/mol. The molecule has 0 bridgehead atoms. The summed E-state index contributed by atoms with van der Waals surface area (Å²) in [5.41, 5.74) is 3.16. The summed E-state index contributed by atoms with van der Waals surface area (Å²) in [6.07, 6.45) is 4.65. The molecule has 178 valence electrons. The second-order valence-electron chi connectivity index (χ2n) is 9.28. The number of rotatable bonds is 10. The number of para-hydroxylation sites is 2. The molecule has 0 spiro atoms. The molecule has 0 aliphatic carbocycles. The summed E-state index contributed by atoms with van der Waals surface area (Å²) in [6.45, 7) is 9.01. The SMILES string of the molecule is CCOc1ccccc1N1CCN(CCCCCCN2C(=O)c3cccc4cccc2c34)CC1. The van der Waals surface area contributed by atoms with E-state index in [2.05, 4.69) is 52.3 Å². The average Bonchev–Trinajstić information content (AvgIpc) is 3.15. The molecule has 0 saturated carbocycles. The predicted molar refractivity (Wildman–Crippen MR) is 140 cm³/mol. The van der Waals surface area contributed by atoms with Gasteiger partial charge in [0.2, 0.25) is 0 Å². The predicted octanol–water partition coefficient (Wildman–Crippen LogP) is 5.58. The molecule has 0 aromatic heterocycles. The lowest BCUT2D eigenvalue weighted by Crippen LogP contribution is -2.46. The van der Waals surface area contributed by atoms with Crippen molar-refractivity contribution < 1.29 is 9.53 Å². The molecule has 34 heavy (non-hydrogen) atoms. The van der Waals surface area contributed by atoms with Gasteiger partial charge in [0, 0.05) is 43.7 Å². The largest absolute Gasteiger partial charge is 0.492 e. The van der Waals surface area contributed by atoms with Crippen LogP contribution >= 0.6 is 0 Å². The lowest BCUT2D eigenvalue weighted by molar-refractivity contribution is 0.0992. The molecule has 3 aromatic rings. The van der Waals surface area contributed by atoms with Crippen molar-refractivity contribution in [2.24, 2.45) is 0 Å². The van der Waals surface area contributed by atoms with Crippen molar-refractivity contribution >= 4 is 28.1 Å². The minimum atomic E-state index is 0.163. The molecule has 5 nitrogen and oxygen atoms in total. The van der Waals surface area contributed by atoms with E-state index in [4.69, 9.17) is 4.74 Å². The number of amides is 1. The summed E-state index contributed by atoms with van der Waals surface area (Å²) in [7, 11) is 0. The Balaban J connectivity index is 1.03. The molecule has 2 aliphatic heterocycles. The maximum Gasteiger partial charge on any atom is 0.258 e. The van der Waals surface area contributed by atoms with Crippen molar-refractivity contribution in [3.63, 3.8) is 0 Å². The van der Waals surface area contributed by atoms with Gasteiger partial charge in [-0.25, -0.2) is 0 Å². The van der Waals surface area contributed by atoms with Crippen molar-refractivity contribution in [2.75, 3.05) is 55.7 Å². The van der Waals surface area contributed by atoms with Crippen LogP contribution in [0.3, 0.4) is 0 Å². The first kappa shape index (κ1) is 22.7. The second-order valence-corrected chi connectivity index (χ2v) is 9.28. The van der Waals surface area contributed by atoms with Gasteiger partial charge in [0.1, 0.15) is 5.75 Å². The van der Waals surface area contributed by atoms with Crippen LogP contribution in [0.25, 0.3) is 10.8 Å². The lowest BCUT2D eigenvalue weighted by Gasteiger charge is -2.36. The van der Waals surface area contributed by atoms with Crippen molar-refractivity contribution in [1.29, 1.82) is 0 Å². The Bertz CT molecular complexity index is 1130. The Morgan fingerprint density at radius 1 is 0.765 bits per heavy atom. The van der Waals surface area contributed by atoms with E-state index in [-0.39, 0.29) is 5.91 Å². The standard InChI is InChI=1S/C29H35N3O2/c1-2-34-27-16-6-5-14-25(27)31-21-19-30(20-22-31)17-7-3-4-8-18-32-26-15-10-12-23-11-9-13-24(28(23)26)29(32)33/h5-6,9-16H,2-4,7-8,17-22H2,1H3. The number of unbranched alkanes of at least 4 members (excludes halogenated alkanes) is 3. The number of benzene rings is 3. The number of hydrogen-bond acceptors (Lipinski definition) is 4. The maximum atomic E-state index is 12.9. The van der Waals surface area contributed by atoms with Crippen molar-refractivity contribution in [3.8, 4) is 5.75 Å². The van der Waals surface area contributed by atoms with E-state index in [1.54, 1.807) is 0 Å². The molecule has 0 unspecified atom stereocenters. The number of ether oxygens (including phenoxy) is 1. The molecule has 0 radical (unpaired) electrons. The minimum absolute atomic E-state index is 0.163. The Hall–Kier alpha value is -3.05. The molecular formula is C29H35N3O2. The van der Waals surface area contributed by atoms with Crippen LogP contribution in [-0.4, -0.2) is 56.7 Å². The lowest BCUT2D eigenvalue weighted by atomic mass is 10.1. The fourth-order valence-electron chi connectivity index (χ4n) is 5.37. The van der Waals surface area contributed by atoms with E-state index in [1.165, 1.54) is 18.5 Å². The van der Waals surface area contributed by atoms with Gasteiger partial charge in [-0.2, -0.15) is 0 Å². The first-order chi connectivity index (χ1) is 16.8. The monoisotopic (exact) mass is 457 g/mol. The third kappa shape index (κ3) is 4.62. The van der Waals surface area contributed by atoms with Gasteiger partial charge >= 0.3 is 0 Å². The Morgan fingerprint density at radius 2 is 1.47 bits per heavy atom. The van der Waals surface area contributed by atoms with Crippen LogP contribution in [-0.2, 0) is 0 Å². The van der Waals surface area contributed by atoms with Gasteiger partial charge < -0.3 is 14.5 Å². The number of piperazine rings is 1. The van der Waals surface area contributed by atoms with Crippen LogP contribution in [0.1, 0.15) is 43.0 Å². The third-order valence-corrected chi connectivity index (χ3v) is 7.13. The van der Waals surface area contributed by atoms with Crippen molar-refractivity contribution in [2.45, 2.75) is 32.6 Å². The summed E-state index contributed by atoms with van der Waals surface area (Å²) >= 11 is 0. The highest BCUT2D eigenvalue weighted by molar-refractivity contribution is 6.24. The fraction of sp³-hybridized carbons (Fsp3) is 0.414. The summed E-state index contributed by atoms with van der Waals surface area (Å²) in [4.78, 5) is 19.9. The number of anilines is 2. The highest BCUT2D eigenvalue weighted by Crippen LogP contribution is 2.37. The Morgan fingerprint density at radius 3 is 2.26 bits per heavy atom. The van der Waals surface area contributed by atoms with Gasteiger partial charge in [0.25, 0.3) is 5.91 Å². The van der Waals surface area contributed by atoms with E-state index >= 15 is 0 Å². The van der Waals surface area contributed by atoms with Crippen LogP contribution in [0.4, 0.5) is 11.4 Å². The van der Waals surface area contributed by atoms with Gasteiger partial charge in [-0.3, -0.25) is 9.69 Å². The number of carbonyl (C=O) groups excluding carboxylic acids is 1. The molecule has 1 fully saturated rings. The summed E-state index contributed by atoms with van der Waals surface area (Å²) in [6, 6.07) is 20.7. The van der Waals surface area contributed by atoms with E-state index in [0.717, 1.165) is 79.9 Å². The van der Waals surface area contributed by atoms with Crippen LogP contribution in [0, 0.1) is 0 Å². The summed E-state index contributed by atoms with van der Waals surface area (Å²) in [5.74, 6) is 1.16. The van der Waals surface area contributed by atoms with E-state index in [1.807, 2.05) is 30.0 Å². The number of hydrogen-bond donors (Lipinski definition) is 0. The first-order valence-corrected chi connectivity index (χ1v) is 12.8. The van der Waals surface area contributed by atoms with Crippen LogP contribution < -0.4 is 14.5 Å². The Labute approximate surface area is 202 Å². The number of carbonyl (C=O) groups is 1. The minimum Gasteiger partial charge on any atom is -0.492 e. The molecule has 0 atom stereocenters. The fourth-order valence-corrected chi connectivity index (χ4v) is 5.37. The zero-order valence-corrected chi connectivity index (χ0v) is 20.2. The van der Waals surface area contributed by atoms with Crippen LogP contribution in [0.2, 0.25) is 0 Å². The van der Waals surface area contributed by atoms with Gasteiger partial charge in [-0.05, 0) is 56.0 Å². The maximum absolute atomic E-state index is 12.9. The molecule has 5 heteroatoms. The normalized spacial score (nSPS) is 16.0. The van der Waals surface area contributed by atoms with Crippen LogP contribution in [0.15, 0.2) is 60.7 Å². The molecule has 2 aliphatic rings. The highest BCUT2D eigenvalue weighted by Gasteiger charge is 2.28. The van der Waals surface area contributed by atoms with E-state index in [9.17, 15) is 4.79 Å². The summed E-state index contributed by atoms with van der Waals surface area (Å²) < 4.78 is 5.82. The highest BCUT2D eigenvalue weighted by atomic mass is 16.5. The van der Waals surface area contributed by atoms with Gasteiger partial charge in [0.15, 0.2) is 0 Å². The topological polar surface area (TPSA) is 36.0 Å². The van der Waals surface area contributed by atoms with Gasteiger partial charge in [-0.15, -0.1) is 0 Å². The van der Waals surface area contributed by atoms with Gasteiger partial charge in [0.05, 0.1) is 18.0 Å². The van der Waals surface area contributed by atoms with Gasteiger partial charge in [-0.1, -0.05) is 49.2 Å². The molecule has 0 N–H and O–H groups in total. The molecule has 1 amide bonds. The van der Waals surface area contributed by atoms with Crippen molar-refractivity contribution in [3.05, 3.63) is 66.2 Å². The molecule has 5 rings (SSSR count). The van der Waals surface area contributed by atoms with E-state index in [0.29, 0.717) is 6.61 Å². The second kappa shape index (κ2) is 10.5. The van der Waals surface area contributed by atoms with E-state index < -0.39 is 0 Å². The third-order valence-electron chi connectivity index (χ3n) is 7.13. The molecule has 3 aromatic carbocycles. The quantitative estimate of drug-likeness (QED) is 0.372. The zero-order valence-electron chi connectivity index (χ0n) is 20.2. The average molecular weight is 458 g/mol. The van der Waals surface area contributed by atoms with Crippen LogP contribution in [0.5, 0.6) is 5.75 Å². The molecule has 2 heterocycles. The Kier molecular flexibility index (Phi) is 7.00. The molecule has 1 saturated heterocycles. The van der Waals surface area contributed by atoms with Crippen molar-refractivity contribution in [1.82, 2.24) is 4.90 Å². The zero-order chi connectivity index (χ0) is 23.3. The summed E-state index contributed by atoms with van der Waals surface area (Å²) in [5, 5.41) is 2.28.